The maximum absolute atomic E-state index is 11.6. The second-order valence-corrected chi connectivity index (χ2v) is 3.75. The smallest absolute Gasteiger partial charge is 0.330 e. The number of hydrogen-bond donors (Lipinski definition) is 2. The fourth-order valence-electron chi connectivity index (χ4n) is 1.64. The van der Waals surface area contributed by atoms with E-state index < -0.39 is 11.2 Å². The number of aldehydes is 1. The quantitative estimate of drug-likeness (QED) is 0.742. The molecule has 1 aromatic heterocycles. The normalized spacial score (nSPS) is 10.2. The summed E-state index contributed by atoms with van der Waals surface area (Å²) in [7, 11) is 0. The molecule has 1 heterocycles. The molecule has 6 heteroatoms. The molecule has 2 aromatic rings. The Morgan fingerprint density at radius 1 is 1.22 bits per heavy atom. The molecule has 0 amide bonds. The molecule has 6 nitrogen and oxygen atoms in total. The topological polar surface area (TPSA) is 98.0 Å². The van der Waals surface area contributed by atoms with Gasteiger partial charge in [-0.15, -0.1) is 0 Å². The zero-order valence-electron chi connectivity index (χ0n) is 9.42. The Morgan fingerprint density at radius 2 is 1.89 bits per heavy atom. The van der Waals surface area contributed by atoms with Crippen LogP contribution in [0.25, 0.3) is 0 Å². The first-order valence-corrected chi connectivity index (χ1v) is 5.25. The van der Waals surface area contributed by atoms with Gasteiger partial charge in [0, 0.05) is 0 Å². The van der Waals surface area contributed by atoms with Crippen molar-refractivity contribution in [3.8, 4) is 0 Å². The standard InChI is InChI=1S/C12H11N3O3/c13-10-9(7-16)11(17)14-12(18)15(10)6-8-4-2-1-3-5-8/h1-5,7H,6,13H2,(H,14,17,18). The van der Waals surface area contributed by atoms with Crippen LogP contribution in [0, 0.1) is 0 Å². The van der Waals surface area contributed by atoms with Gasteiger partial charge in [0.25, 0.3) is 5.56 Å². The molecule has 0 spiro atoms. The predicted molar refractivity (Wildman–Crippen MR) is 66.7 cm³/mol. The number of nitrogen functional groups attached to an aromatic ring is 1. The Hall–Kier alpha value is -2.63. The Labute approximate surface area is 102 Å². The van der Waals surface area contributed by atoms with Crippen molar-refractivity contribution in [3.05, 3.63) is 62.3 Å². The highest BCUT2D eigenvalue weighted by Gasteiger charge is 2.11. The van der Waals surface area contributed by atoms with Crippen LogP contribution < -0.4 is 17.0 Å². The number of nitrogens with two attached hydrogens (primary N) is 1. The molecular weight excluding hydrogens is 234 g/mol. The van der Waals surface area contributed by atoms with Crippen molar-refractivity contribution in [2.24, 2.45) is 0 Å². The molecule has 3 N–H and O–H groups in total. The van der Waals surface area contributed by atoms with Gasteiger partial charge in [-0.25, -0.2) is 4.79 Å². The summed E-state index contributed by atoms with van der Waals surface area (Å²) >= 11 is 0. The fourth-order valence-corrected chi connectivity index (χ4v) is 1.64. The molecule has 92 valence electrons. The molecular formula is C12H11N3O3. The second-order valence-electron chi connectivity index (χ2n) is 3.75. The molecule has 0 aliphatic rings. The molecule has 1 aromatic carbocycles. The van der Waals surface area contributed by atoms with Gasteiger partial charge in [-0.2, -0.15) is 0 Å². The van der Waals surface area contributed by atoms with Crippen LogP contribution >= 0.6 is 0 Å². The minimum absolute atomic E-state index is 0.123. The van der Waals surface area contributed by atoms with Gasteiger partial charge < -0.3 is 5.73 Å². The average Bonchev–Trinajstić information content (AvgIpc) is 2.36. The average molecular weight is 245 g/mol. The Morgan fingerprint density at radius 3 is 2.50 bits per heavy atom. The minimum atomic E-state index is -0.767. The molecule has 0 unspecified atom stereocenters. The highest BCUT2D eigenvalue weighted by Crippen LogP contribution is 2.06. The van der Waals surface area contributed by atoms with Crippen molar-refractivity contribution in [1.82, 2.24) is 9.55 Å². The lowest BCUT2D eigenvalue weighted by Crippen LogP contribution is -2.34. The zero-order chi connectivity index (χ0) is 13.1. The van der Waals surface area contributed by atoms with Crippen molar-refractivity contribution in [2.75, 3.05) is 5.73 Å². The van der Waals surface area contributed by atoms with Gasteiger partial charge in [-0.05, 0) is 5.56 Å². The van der Waals surface area contributed by atoms with Crippen LogP contribution in [0.15, 0.2) is 39.9 Å². The van der Waals surface area contributed by atoms with Crippen molar-refractivity contribution < 1.29 is 4.79 Å². The first kappa shape index (κ1) is 11.8. The van der Waals surface area contributed by atoms with Crippen LogP contribution in [0.5, 0.6) is 0 Å². The molecule has 0 atom stereocenters. The first-order valence-electron chi connectivity index (χ1n) is 5.25. The van der Waals surface area contributed by atoms with E-state index >= 15 is 0 Å². The number of H-pyrrole nitrogens is 1. The largest absolute Gasteiger partial charge is 0.384 e. The third-order valence-electron chi connectivity index (χ3n) is 2.58. The Bertz CT molecular complexity index is 686. The highest BCUT2D eigenvalue weighted by molar-refractivity contribution is 5.80. The number of nitrogens with one attached hydrogen (secondary N) is 1. The number of carbonyl (C=O) groups is 1. The van der Waals surface area contributed by atoms with E-state index in [9.17, 15) is 14.4 Å². The highest BCUT2D eigenvalue weighted by atomic mass is 16.2. The van der Waals surface area contributed by atoms with E-state index in [0.717, 1.165) is 10.1 Å². The summed E-state index contributed by atoms with van der Waals surface area (Å²) in [6.45, 7) is 0.198. The number of anilines is 1. The van der Waals surface area contributed by atoms with E-state index in [2.05, 4.69) is 4.98 Å². The van der Waals surface area contributed by atoms with Crippen LogP contribution in [0.3, 0.4) is 0 Å². The fraction of sp³-hybridized carbons (Fsp3) is 0.0833. The monoisotopic (exact) mass is 245 g/mol. The maximum Gasteiger partial charge on any atom is 0.330 e. The van der Waals surface area contributed by atoms with E-state index in [4.69, 9.17) is 5.73 Å². The Kier molecular flexibility index (Phi) is 3.09. The van der Waals surface area contributed by atoms with Crippen LogP contribution in [-0.2, 0) is 6.54 Å². The van der Waals surface area contributed by atoms with Crippen molar-refractivity contribution in [2.45, 2.75) is 6.54 Å². The molecule has 18 heavy (non-hydrogen) atoms. The van der Waals surface area contributed by atoms with E-state index in [1.807, 2.05) is 30.3 Å². The number of carbonyl (C=O) groups excluding carboxylic acids is 1. The lowest BCUT2D eigenvalue weighted by atomic mass is 10.2. The van der Waals surface area contributed by atoms with E-state index in [0.29, 0.717) is 6.29 Å². The lowest BCUT2D eigenvalue weighted by Gasteiger charge is -2.09. The van der Waals surface area contributed by atoms with Crippen LogP contribution in [0.4, 0.5) is 5.82 Å². The van der Waals surface area contributed by atoms with Gasteiger partial charge >= 0.3 is 5.69 Å². The molecule has 2 rings (SSSR count). The summed E-state index contributed by atoms with van der Waals surface area (Å²) in [6.07, 6.45) is 0.342. The lowest BCUT2D eigenvalue weighted by molar-refractivity contribution is 0.112. The van der Waals surface area contributed by atoms with Crippen LogP contribution in [-0.4, -0.2) is 15.8 Å². The summed E-state index contributed by atoms with van der Waals surface area (Å²) in [6, 6.07) is 9.13. The molecule has 0 saturated heterocycles. The third-order valence-corrected chi connectivity index (χ3v) is 2.58. The van der Waals surface area contributed by atoms with Crippen molar-refractivity contribution in [3.63, 3.8) is 0 Å². The van der Waals surface area contributed by atoms with Gasteiger partial charge in [-0.3, -0.25) is 19.1 Å². The van der Waals surface area contributed by atoms with Gasteiger partial charge in [0.05, 0.1) is 6.54 Å². The summed E-state index contributed by atoms with van der Waals surface area (Å²) in [5, 5.41) is 0. The molecule has 0 aliphatic carbocycles. The molecule has 0 aliphatic heterocycles. The van der Waals surface area contributed by atoms with Crippen molar-refractivity contribution >= 4 is 12.1 Å². The third kappa shape index (κ3) is 2.08. The van der Waals surface area contributed by atoms with Crippen LogP contribution in [0.1, 0.15) is 15.9 Å². The molecule has 0 fully saturated rings. The van der Waals surface area contributed by atoms with Gasteiger partial charge in [-0.1, -0.05) is 30.3 Å². The Balaban J connectivity index is 2.55. The number of aromatic nitrogens is 2. The summed E-state index contributed by atoms with van der Waals surface area (Å²) in [5.41, 5.74) is 4.87. The number of benzene rings is 1. The molecule has 0 bridgehead atoms. The first-order chi connectivity index (χ1) is 8.63. The number of rotatable bonds is 3. The van der Waals surface area contributed by atoms with E-state index in [1.165, 1.54) is 0 Å². The zero-order valence-corrected chi connectivity index (χ0v) is 9.42. The van der Waals surface area contributed by atoms with E-state index in [1.54, 1.807) is 0 Å². The number of aromatic amines is 1. The summed E-state index contributed by atoms with van der Waals surface area (Å²) in [5.74, 6) is -0.123. The van der Waals surface area contributed by atoms with Crippen molar-refractivity contribution in [1.29, 1.82) is 0 Å². The van der Waals surface area contributed by atoms with Gasteiger partial charge in [0.1, 0.15) is 11.4 Å². The van der Waals surface area contributed by atoms with Crippen LogP contribution in [0.2, 0.25) is 0 Å². The minimum Gasteiger partial charge on any atom is -0.384 e. The predicted octanol–water partition coefficient (Wildman–Crippen LogP) is -0.0204. The summed E-state index contributed by atoms with van der Waals surface area (Å²) < 4.78 is 1.15. The van der Waals surface area contributed by atoms with E-state index in [-0.39, 0.29) is 17.9 Å². The molecule has 0 radical (unpaired) electrons. The summed E-state index contributed by atoms with van der Waals surface area (Å²) in [4.78, 5) is 35.8. The number of hydrogen-bond acceptors (Lipinski definition) is 4. The van der Waals surface area contributed by atoms with Gasteiger partial charge in [0.15, 0.2) is 6.29 Å². The maximum atomic E-state index is 11.6. The second kappa shape index (κ2) is 4.70. The molecule has 0 saturated carbocycles. The number of nitrogens with zero attached hydrogens (tertiary/aromatic N) is 1. The van der Waals surface area contributed by atoms with Gasteiger partial charge in [0.2, 0.25) is 0 Å². The SMILES string of the molecule is Nc1c(C=O)c(=O)[nH]c(=O)n1Cc1ccccc1.